The average Bonchev–Trinajstić information content (AvgIpc) is 2.13. The van der Waals surface area contributed by atoms with Crippen molar-refractivity contribution >= 4 is 5.91 Å². The molecule has 0 aliphatic rings. The monoisotopic (exact) mass is 213 g/mol. The lowest BCUT2D eigenvalue weighted by Gasteiger charge is -2.31. The molecule has 0 aromatic carbocycles. The maximum Gasteiger partial charge on any atom is 0.246 e. The van der Waals surface area contributed by atoms with Crippen LogP contribution in [-0.4, -0.2) is 44.1 Å². The number of nitrogens with one attached hydrogen (secondary N) is 1. The van der Waals surface area contributed by atoms with Gasteiger partial charge in [0.25, 0.3) is 0 Å². The maximum absolute atomic E-state index is 11.3. The molecular weight excluding hydrogens is 188 g/mol. The second kappa shape index (κ2) is 5.91. The summed E-state index contributed by atoms with van der Waals surface area (Å²) in [5.74, 6) is 0.451. The van der Waals surface area contributed by atoms with E-state index in [2.05, 4.69) is 39.8 Å². The van der Waals surface area contributed by atoms with Gasteiger partial charge in [0.1, 0.15) is 0 Å². The first-order valence-electron chi connectivity index (χ1n) is 5.54. The fourth-order valence-corrected chi connectivity index (χ4v) is 1.46. The molecule has 0 aliphatic heterocycles. The smallest absolute Gasteiger partial charge is 0.246 e. The quantitative estimate of drug-likeness (QED) is 0.524. The third kappa shape index (κ3) is 6.28. The molecule has 0 bridgehead atoms. The summed E-state index contributed by atoms with van der Waals surface area (Å²) < 4.78 is 0.990. The van der Waals surface area contributed by atoms with Crippen LogP contribution in [0.25, 0.3) is 0 Å². The van der Waals surface area contributed by atoms with E-state index in [9.17, 15) is 4.79 Å². The van der Waals surface area contributed by atoms with Crippen LogP contribution in [0, 0.1) is 5.92 Å². The normalized spacial score (nSPS) is 13.4. The van der Waals surface area contributed by atoms with Crippen molar-refractivity contribution in [2.75, 3.05) is 33.7 Å². The summed E-state index contributed by atoms with van der Waals surface area (Å²) in [5.41, 5.74) is 0.575. The molecule has 0 saturated heterocycles. The van der Waals surface area contributed by atoms with Gasteiger partial charge in [-0.2, -0.15) is 0 Å². The van der Waals surface area contributed by atoms with E-state index >= 15 is 0 Å². The highest BCUT2D eigenvalue weighted by atomic mass is 16.1. The Balaban J connectivity index is 3.90. The molecule has 0 radical (unpaired) electrons. The van der Waals surface area contributed by atoms with Crippen LogP contribution in [-0.2, 0) is 4.79 Å². The minimum Gasteiger partial charge on any atom is -0.352 e. The molecule has 0 aliphatic carbocycles. The first-order valence-corrected chi connectivity index (χ1v) is 5.54. The molecule has 0 saturated carbocycles. The number of hydrogen-bond acceptors (Lipinski definition) is 1. The van der Waals surface area contributed by atoms with Gasteiger partial charge < -0.3 is 9.80 Å². The van der Waals surface area contributed by atoms with Crippen LogP contribution in [0.15, 0.2) is 12.2 Å². The van der Waals surface area contributed by atoms with Crippen molar-refractivity contribution < 1.29 is 9.28 Å². The van der Waals surface area contributed by atoms with E-state index in [4.69, 9.17) is 0 Å². The van der Waals surface area contributed by atoms with Crippen molar-refractivity contribution in [2.45, 2.75) is 20.8 Å². The van der Waals surface area contributed by atoms with Crippen LogP contribution in [0.3, 0.4) is 0 Å². The van der Waals surface area contributed by atoms with Crippen molar-refractivity contribution in [1.82, 2.24) is 5.32 Å². The van der Waals surface area contributed by atoms with E-state index in [0.717, 1.165) is 24.1 Å². The van der Waals surface area contributed by atoms with E-state index < -0.39 is 0 Å². The summed E-state index contributed by atoms with van der Waals surface area (Å²) in [4.78, 5) is 11.3. The second-order valence-corrected chi connectivity index (χ2v) is 5.03. The fraction of sp³-hybridized carbons (Fsp3) is 0.750. The number of carbonyl (C=O) groups is 1. The molecule has 1 atom stereocenters. The van der Waals surface area contributed by atoms with E-state index in [1.54, 1.807) is 6.92 Å². The van der Waals surface area contributed by atoms with Crippen LogP contribution < -0.4 is 5.32 Å². The minimum atomic E-state index is -0.0383. The number of carbonyl (C=O) groups excluding carboxylic acids is 1. The lowest BCUT2D eigenvalue weighted by Crippen LogP contribution is -2.45. The second-order valence-electron chi connectivity index (χ2n) is 5.03. The van der Waals surface area contributed by atoms with Gasteiger partial charge in [0.15, 0.2) is 0 Å². The number of amides is 1. The van der Waals surface area contributed by atoms with Gasteiger partial charge in [-0.3, -0.25) is 4.79 Å². The molecule has 1 N–H and O–H groups in total. The Morgan fingerprint density at radius 2 is 2.00 bits per heavy atom. The highest BCUT2D eigenvalue weighted by molar-refractivity contribution is 5.92. The standard InChI is InChI=1S/C12H24N2O/c1-7-14(5,6)9-11(4)8-13-12(15)10(2)3/h11H,2,7-9H2,1,3-6H3/p+1. The van der Waals surface area contributed by atoms with Gasteiger partial charge in [0.05, 0.1) is 27.2 Å². The highest BCUT2D eigenvalue weighted by Crippen LogP contribution is 2.04. The molecular formula is C12H25N2O+. The molecule has 15 heavy (non-hydrogen) atoms. The lowest BCUT2D eigenvalue weighted by molar-refractivity contribution is -0.891. The van der Waals surface area contributed by atoms with E-state index in [-0.39, 0.29) is 5.91 Å². The molecule has 0 heterocycles. The van der Waals surface area contributed by atoms with Crippen molar-refractivity contribution in [3.05, 3.63) is 12.2 Å². The molecule has 0 aromatic rings. The third-order valence-corrected chi connectivity index (χ3v) is 2.66. The third-order valence-electron chi connectivity index (χ3n) is 2.66. The van der Waals surface area contributed by atoms with Crippen molar-refractivity contribution in [3.8, 4) is 0 Å². The van der Waals surface area contributed by atoms with Gasteiger partial charge >= 0.3 is 0 Å². The summed E-state index contributed by atoms with van der Waals surface area (Å²) in [6.45, 7) is 12.6. The number of hydrogen-bond donors (Lipinski definition) is 1. The van der Waals surface area contributed by atoms with Crippen LogP contribution >= 0.6 is 0 Å². The summed E-state index contributed by atoms with van der Waals surface area (Å²) in [7, 11) is 4.41. The lowest BCUT2D eigenvalue weighted by atomic mass is 10.1. The zero-order chi connectivity index (χ0) is 12.1. The Morgan fingerprint density at radius 3 is 2.40 bits per heavy atom. The summed E-state index contributed by atoms with van der Waals surface area (Å²) in [5, 5.41) is 2.88. The molecule has 1 amide bonds. The molecule has 0 fully saturated rings. The van der Waals surface area contributed by atoms with Gasteiger partial charge in [-0.05, 0) is 13.8 Å². The van der Waals surface area contributed by atoms with Crippen LogP contribution in [0.1, 0.15) is 20.8 Å². The van der Waals surface area contributed by atoms with Gasteiger partial charge in [-0.1, -0.05) is 13.5 Å². The van der Waals surface area contributed by atoms with Gasteiger partial charge in [0, 0.05) is 18.0 Å². The van der Waals surface area contributed by atoms with Crippen LogP contribution in [0.4, 0.5) is 0 Å². The number of nitrogens with zero attached hydrogens (tertiary/aromatic N) is 1. The summed E-state index contributed by atoms with van der Waals surface area (Å²) in [6, 6.07) is 0. The fourth-order valence-electron chi connectivity index (χ4n) is 1.46. The predicted octanol–water partition coefficient (Wildman–Crippen LogP) is 1.41. The van der Waals surface area contributed by atoms with Crippen LogP contribution in [0.5, 0.6) is 0 Å². The van der Waals surface area contributed by atoms with Crippen molar-refractivity contribution in [3.63, 3.8) is 0 Å². The molecule has 0 spiro atoms. The van der Waals surface area contributed by atoms with Crippen molar-refractivity contribution in [2.24, 2.45) is 5.92 Å². The number of rotatable bonds is 6. The topological polar surface area (TPSA) is 29.1 Å². The Kier molecular flexibility index (Phi) is 5.58. The minimum absolute atomic E-state index is 0.0383. The highest BCUT2D eigenvalue weighted by Gasteiger charge is 2.17. The molecule has 88 valence electrons. The molecule has 1 unspecified atom stereocenters. The van der Waals surface area contributed by atoms with Crippen LogP contribution in [0.2, 0.25) is 0 Å². The Labute approximate surface area is 93.7 Å². The molecule has 0 rings (SSSR count). The SMILES string of the molecule is C=C(C)C(=O)NCC(C)C[N+](C)(C)CC. The maximum atomic E-state index is 11.3. The van der Waals surface area contributed by atoms with Gasteiger partial charge in [-0.15, -0.1) is 0 Å². The Hall–Kier alpha value is -0.830. The van der Waals surface area contributed by atoms with Crippen molar-refractivity contribution in [1.29, 1.82) is 0 Å². The first-order chi connectivity index (χ1) is 6.78. The van der Waals surface area contributed by atoms with E-state index in [1.165, 1.54) is 0 Å². The van der Waals surface area contributed by atoms with Gasteiger partial charge in [-0.25, -0.2) is 0 Å². The van der Waals surface area contributed by atoms with E-state index in [1.807, 2.05) is 0 Å². The Morgan fingerprint density at radius 1 is 1.47 bits per heavy atom. The molecule has 3 heteroatoms. The Bertz CT molecular complexity index is 234. The summed E-state index contributed by atoms with van der Waals surface area (Å²) in [6.07, 6.45) is 0. The molecule has 0 aromatic heterocycles. The summed E-state index contributed by atoms with van der Waals surface area (Å²) >= 11 is 0. The average molecular weight is 213 g/mol. The number of quaternary nitrogens is 1. The zero-order valence-corrected chi connectivity index (χ0v) is 10.8. The van der Waals surface area contributed by atoms with E-state index in [0.29, 0.717) is 11.5 Å². The zero-order valence-electron chi connectivity index (χ0n) is 10.8. The first kappa shape index (κ1) is 14.2. The predicted molar refractivity (Wildman–Crippen MR) is 64.5 cm³/mol. The largest absolute Gasteiger partial charge is 0.352 e. The molecule has 3 nitrogen and oxygen atoms in total. The van der Waals surface area contributed by atoms with Gasteiger partial charge in [0.2, 0.25) is 5.91 Å².